The van der Waals surface area contributed by atoms with Crippen LogP contribution in [0, 0.1) is 19.8 Å². The monoisotopic (exact) mass is 612 g/mol. The van der Waals surface area contributed by atoms with Crippen LogP contribution in [0.4, 0.5) is 0 Å². The first kappa shape index (κ1) is 28.9. The zero-order chi connectivity index (χ0) is 32.2. The fraction of sp³-hybridized carbons (Fsp3) is 0.167. The maximum Gasteiger partial charge on any atom is 0.227 e. The summed E-state index contributed by atoms with van der Waals surface area (Å²) in [5, 5.41) is 2.09. The highest BCUT2D eigenvalue weighted by molar-refractivity contribution is 6.10. The number of imidazole rings is 1. The quantitative estimate of drug-likeness (QED) is 0.187. The van der Waals surface area contributed by atoms with Gasteiger partial charge in [-0.3, -0.25) is 9.55 Å². The van der Waals surface area contributed by atoms with E-state index in [4.69, 9.17) is 19.4 Å². The minimum atomic E-state index is 0.318. The van der Waals surface area contributed by atoms with Gasteiger partial charge in [-0.1, -0.05) is 106 Å². The first-order valence-electron chi connectivity index (χ1n) is 16.3. The van der Waals surface area contributed by atoms with Gasteiger partial charge in [-0.25, -0.2) is 9.97 Å². The summed E-state index contributed by atoms with van der Waals surface area (Å²) in [4.78, 5) is 15.2. The molecule has 5 heteroatoms. The molecule has 47 heavy (non-hydrogen) atoms. The second-order valence-corrected chi connectivity index (χ2v) is 12.8. The van der Waals surface area contributed by atoms with Crippen LogP contribution >= 0.6 is 0 Å². The number of aryl methyl sites for hydroxylation is 2. The molecule has 8 rings (SSSR count). The zero-order valence-electron chi connectivity index (χ0n) is 27.3. The number of para-hydroxylation sites is 1. The number of hydrogen-bond donors (Lipinski definition) is 0. The molecule has 4 aromatic heterocycles. The molecule has 5 nitrogen and oxygen atoms in total. The predicted octanol–water partition coefficient (Wildman–Crippen LogP) is 11.1. The standard InChI is InChI=1S/C42H36N4O/c1-25(2)27(4)35-22-21-33-37-26(3)19-20-34(40(37)47-42(33)45-35)41-44-36-23-24-43-28(5)38(36)46(41)39-31(29-13-8-6-9-14-29)17-12-18-32(39)30-15-10-7-11-16-30/h6-25,27H,1-5H3. The van der Waals surface area contributed by atoms with Crippen molar-refractivity contribution in [1.82, 2.24) is 19.5 Å². The van der Waals surface area contributed by atoms with E-state index in [0.29, 0.717) is 17.5 Å². The van der Waals surface area contributed by atoms with E-state index in [1.54, 1.807) is 0 Å². The van der Waals surface area contributed by atoms with E-state index >= 15 is 0 Å². The van der Waals surface area contributed by atoms with E-state index in [-0.39, 0.29) is 0 Å². The normalized spacial score (nSPS) is 12.5. The summed E-state index contributed by atoms with van der Waals surface area (Å²) in [6, 6.07) is 38.3. The highest BCUT2D eigenvalue weighted by atomic mass is 16.3. The number of pyridine rings is 2. The molecule has 0 aliphatic carbocycles. The van der Waals surface area contributed by atoms with Gasteiger partial charge in [0.05, 0.1) is 28.0 Å². The second-order valence-electron chi connectivity index (χ2n) is 12.8. The lowest BCUT2D eigenvalue weighted by Gasteiger charge is -2.20. The van der Waals surface area contributed by atoms with Crippen LogP contribution in [0.5, 0.6) is 0 Å². The summed E-state index contributed by atoms with van der Waals surface area (Å²) in [7, 11) is 0. The summed E-state index contributed by atoms with van der Waals surface area (Å²) >= 11 is 0. The largest absolute Gasteiger partial charge is 0.437 e. The van der Waals surface area contributed by atoms with Gasteiger partial charge in [0.25, 0.3) is 0 Å². The second kappa shape index (κ2) is 11.4. The summed E-state index contributed by atoms with van der Waals surface area (Å²) in [6.07, 6.45) is 1.84. The Morgan fingerprint density at radius 1 is 0.660 bits per heavy atom. The number of aromatic nitrogens is 4. The van der Waals surface area contributed by atoms with Crippen LogP contribution in [0.2, 0.25) is 0 Å². The molecule has 4 heterocycles. The van der Waals surface area contributed by atoms with E-state index in [1.165, 1.54) is 0 Å². The van der Waals surface area contributed by atoms with Crippen molar-refractivity contribution in [2.75, 3.05) is 0 Å². The van der Waals surface area contributed by atoms with Gasteiger partial charge in [-0.05, 0) is 60.7 Å². The molecule has 0 radical (unpaired) electrons. The maximum atomic E-state index is 6.76. The fourth-order valence-electron chi connectivity index (χ4n) is 6.78. The van der Waals surface area contributed by atoms with Crippen molar-refractivity contribution in [3.05, 3.63) is 132 Å². The molecule has 0 saturated carbocycles. The number of benzene rings is 4. The Balaban J connectivity index is 1.49. The van der Waals surface area contributed by atoms with E-state index in [2.05, 4.69) is 142 Å². The third-order valence-electron chi connectivity index (χ3n) is 9.60. The van der Waals surface area contributed by atoms with Crippen molar-refractivity contribution in [2.45, 2.75) is 40.5 Å². The molecule has 0 aliphatic heterocycles. The molecule has 0 bridgehead atoms. The molecule has 1 atom stereocenters. The van der Waals surface area contributed by atoms with Crippen LogP contribution in [0.3, 0.4) is 0 Å². The molecule has 4 aromatic carbocycles. The van der Waals surface area contributed by atoms with Gasteiger partial charge in [0.1, 0.15) is 11.4 Å². The maximum absolute atomic E-state index is 6.76. The first-order valence-corrected chi connectivity index (χ1v) is 16.3. The minimum absolute atomic E-state index is 0.318. The van der Waals surface area contributed by atoms with Crippen molar-refractivity contribution < 1.29 is 4.42 Å². The Hall–Kier alpha value is -5.55. The number of rotatable bonds is 6. The van der Waals surface area contributed by atoms with E-state index in [1.807, 2.05) is 12.3 Å². The van der Waals surface area contributed by atoms with Gasteiger partial charge in [0.2, 0.25) is 5.71 Å². The Kier molecular flexibility index (Phi) is 6.98. The van der Waals surface area contributed by atoms with Gasteiger partial charge >= 0.3 is 0 Å². The summed E-state index contributed by atoms with van der Waals surface area (Å²) < 4.78 is 9.06. The lowest BCUT2D eigenvalue weighted by molar-refractivity contribution is 0.521. The predicted molar refractivity (Wildman–Crippen MR) is 193 cm³/mol. The average molecular weight is 613 g/mol. The summed E-state index contributed by atoms with van der Waals surface area (Å²) in [5.74, 6) is 1.59. The van der Waals surface area contributed by atoms with Crippen LogP contribution in [0.1, 0.15) is 43.6 Å². The third-order valence-corrected chi connectivity index (χ3v) is 9.60. The lowest BCUT2D eigenvalue weighted by Crippen LogP contribution is -2.04. The van der Waals surface area contributed by atoms with Crippen molar-refractivity contribution >= 4 is 33.1 Å². The molecule has 0 spiro atoms. The molecular formula is C42H36N4O. The fourth-order valence-corrected chi connectivity index (χ4v) is 6.78. The molecule has 1 unspecified atom stereocenters. The lowest BCUT2D eigenvalue weighted by atomic mass is 9.94. The smallest absolute Gasteiger partial charge is 0.227 e. The third kappa shape index (κ3) is 4.73. The minimum Gasteiger partial charge on any atom is -0.437 e. The number of furan rings is 1. The topological polar surface area (TPSA) is 56.7 Å². The Bertz CT molecular complexity index is 2360. The van der Waals surface area contributed by atoms with Crippen molar-refractivity contribution in [2.24, 2.45) is 5.92 Å². The van der Waals surface area contributed by atoms with Gasteiger partial charge in [-0.15, -0.1) is 0 Å². The molecule has 0 N–H and O–H groups in total. The van der Waals surface area contributed by atoms with Gasteiger partial charge < -0.3 is 4.42 Å². The summed E-state index contributed by atoms with van der Waals surface area (Å²) in [6.45, 7) is 10.9. The van der Waals surface area contributed by atoms with Crippen LogP contribution in [0.25, 0.3) is 72.4 Å². The van der Waals surface area contributed by atoms with Crippen molar-refractivity contribution in [3.63, 3.8) is 0 Å². The molecule has 8 aromatic rings. The molecule has 0 saturated heterocycles. The molecule has 230 valence electrons. The van der Waals surface area contributed by atoms with E-state index in [0.717, 1.165) is 83.7 Å². The highest BCUT2D eigenvalue weighted by Crippen LogP contribution is 2.43. The SMILES string of the molecule is Cc1ccc(-c2nc3ccnc(C)c3n2-c2c(-c3ccccc3)cccc2-c2ccccc2)c2oc3nc(C(C)C(C)C)ccc3c12. The van der Waals surface area contributed by atoms with Gasteiger partial charge in [-0.2, -0.15) is 0 Å². The van der Waals surface area contributed by atoms with Crippen LogP contribution in [-0.2, 0) is 0 Å². The van der Waals surface area contributed by atoms with Crippen molar-refractivity contribution in [3.8, 4) is 39.3 Å². The number of hydrogen-bond acceptors (Lipinski definition) is 4. The van der Waals surface area contributed by atoms with Crippen LogP contribution in [-0.4, -0.2) is 19.5 Å². The van der Waals surface area contributed by atoms with Gasteiger partial charge in [0, 0.05) is 39.7 Å². The van der Waals surface area contributed by atoms with Crippen LogP contribution in [0.15, 0.2) is 120 Å². The molecule has 0 aliphatic rings. The number of nitrogens with zero attached hydrogens (tertiary/aromatic N) is 4. The highest BCUT2D eigenvalue weighted by Gasteiger charge is 2.26. The van der Waals surface area contributed by atoms with Crippen LogP contribution < -0.4 is 0 Å². The van der Waals surface area contributed by atoms with E-state index < -0.39 is 0 Å². The average Bonchev–Trinajstić information content (AvgIpc) is 3.68. The Morgan fingerprint density at radius 3 is 2.00 bits per heavy atom. The van der Waals surface area contributed by atoms with E-state index in [9.17, 15) is 0 Å². The molecule has 0 amide bonds. The first-order chi connectivity index (χ1) is 22.9. The molecular weight excluding hydrogens is 576 g/mol. The Morgan fingerprint density at radius 2 is 1.34 bits per heavy atom. The Labute approximate surface area is 274 Å². The molecule has 0 fully saturated rings. The number of fused-ring (bicyclic) bond motifs is 4. The van der Waals surface area contributed by atoms with Crippen molar-refractivity contribution in [1.29, 1.82) is 0 Å². The zero-order valence-corrected chi connectivity index (χ0v) is 27.3. The summed E-state index contributed by atoms with van der Waals surface area (Å²) in [5.41, 5.74) is 12.8. The van der Waals surface area contributed by atoms with Gasteiger partial charge in [0.15, 0.2) is 0 Å².